The van der Waals surface area contributed by atoms with Crippen LogP contribution in [0.1, 0.15) is 11.3 Å². The Morgan fingerprint density at radius 3 is 2.48 bits per heavy atom. The van der Waals surface area contributed by atoms with E-state index in [1.807, 2.05) is 4.90 Å². The smallest absolute Gasteiger partial charge is 0.246 e. The molecule has 1 aliphatic heterocycles. The van der Waals surface area contributed by atoms with Crippen molar-refractivity contribution < 1.29 is 12.8 Å². The van der Waals surface area contributed by atoms with E-state index in [0.29, 0.717) is 49.0 Å². The molecule has 1 aromatic heterocycles. The lowest BCUT2D eigenvalue weighted by Gasteiger charge is -2.34. The maximum Gasteiger partial charge on any atom is 0.246 e. The average molecular weight is 387 g/mol. The molecular weight excluding hydrogens is 367 g/mol. The van der Waals surface area contributed by atoms with E-state index in [9.17, 15) is 12.8 Å². The van der Waals surface area contributed by atoms with Gasteiger partial charge in [-0.25, -0.2) is 12.8 Å². The highest BCUT2D eigenvalue weighted by molar-refractivity contribution is 7.89. The van der Waals surface area contributed by atoms with Gasteiger partial charge in [0.05, 0.1) is 5.69 Å². The third kappa shape index (κ3) is 3.72. The molecule has 0 spiro atoms. The number of piperazine rings is 1. The average Bonchev–Trinajstić information content (AvgIpc) is 2.91. The first-order valence-corrected chi connectivity index (χ1v) is 9.76. The van der Waals surface area contributed by atoms with E-state index in [1.54, 1.807) is 26.1 Å². The number of hydrogen-bond acceptors (Lipinski definition) is 4. The first kappa shape index (κ1) is 18.3. The number of benzene rings is 1. The Hall–Kier alpha value is -1.48. The molecule has 1 aromatic carbocycles. The summed E-state index contributed by atoms with van der Waals surface area (Å²) < 4.78 is 42.4. The standard InChI is InChI=1S/C16H20ClFN4O2S/c1-12-16(11-20(2)19-12)25(23,24)22-8-6-21(7-9-22)10-13-14(17)4-3-5-15(13)18/h3-5,11H,6-10H2,1-2H3. The third-order valence-electron chi connectivity index (χ3n) is 4.36. The maximum absolute atomic E-state index is 13.9. The first-order valence-electron chi connectivity index (χ1n) is 7.94. The molecule has 0 amide bonds. The second-order valence-electron chi connectivity index (χ2n) is 6.13. The summed E-state index contributed by atoms with van der Waals surface area (Å²) in [5.74, 6) is -0.339. The minimum atomic E-state index is -3.56. The van der Waals surface area contributed by atoms with Crippen molar-refractivity contribution in [1.82, 2.24) is 19.0 Å². The molecule has 0 saturated carbocycles. The van der Waals surface area contributed by atoms with Gasteiger partial charge in [0.2, 0.25) is 10.0 Å². The summed E-state index contributed by atoms with van der Waals surface area (Å²) in [6, 6.07) is 4.61. The normalized spacial score (nSPS) is 17.1. The molecule has 0 atom stereocenters. The van der Waals surface area contributed by atoms with Crippen molar-refractivity contribution in [2.24, 2.45) is 7.05 Å². The van der Waals surface area contributed by atoms with Crippen LogP contribution in [-0.2, 0) is 23.6 Å². The van der Waals surface area contributed by atoms with Gasteiger partial charge in [0.25, 0.3) is 0 Å². The van der Waals surface area contributed by atoms with Crippen LogP contribution in [0.3, 0.4) is 0 Å². The van der Waals surface area contributed by atoms with Crippen LogP contribution >= 0.6 is 11.6 Å². The quantitative estimate of drug-likeness (QED) is 0.806. The summed E-state index contributed by atoms with van der Waals surface area (Å²) >= 11 is 6.07. The predicted octanol–water partition coefficient (Wildman–Crippen LogP) is 2.03. The molecule has 2 heterocycles. The van der Waals surface area contributed by atoms with Crippen molar-refractivity contribution in [1.29, 1.82) is 0 Å². The molecule has 0 unspecified atom stereocenters. The van der Waals surface area contributed by atoms with Gasteiger partial charge in [-0.1, -0.05) is 17.7 Å². The zero-order valence-electron chi connectivity index (χ0n) is 14.1. The molecule has 0 N–H and O–H groups in total. The fraction of sp³-hybridized carbons (Fsp3) is 0.438. The van der Waals surface area contributed by atoms with Gasteiger partial charge in [0, 0.05) is 56.6 Å². The van der Waals surface area contributed by atoms with Crippen molar-refractivity contribution in [3.63, 3.8) is 0 Å². The Balaban J connectivity index is 1.69. The Labute approximate surface area is 151 Å². The fourth-order valence-electron chi connectivity index (χ4n) is 3.01. The summed E-state index contributed by atoms with van der Waals surface area (Å²) in [6.07, 6.45) is 1.52. The molecule has 1 aliphatic rings. The van der Waals surface area contributed by atoms with Crippen LogP contribution in [0.5, 0.6) is 0 Å². The number of aryl methyl sites for hydroxylation is 2. The lowest BCUT2D eigenvalue weighted by molar-refractivity contribution is 0.180. The van der Waals surface area contributed by atoms with Crippen molar-refractivity contribution >= 4 is 21.6 Å². The molecule has 1 saturated heterocycles. The highest BCUT2D eigenvalue weighted by Crippen LogP contribution is 2.23. The third-order valence-corrected chi connectivity index (χ3v) is 6.72. The maximum atomic E-state index is 13.9. The topological polar surface area (TPSA) is 58.4 Å². The second kappa shape index (κ2) is 7.03. The van der Waals surface area contributed by atoms with E-state index in [2.05, 4.69) is 5.10 Å². The fourth-order valence-corrected chi connectivity index (χ4v) is 4.85. The monoisotopic (exact) mass is 386 g/mol. The van der Waals surface area contributed by atoms with E-state index >= 15 is 0 Å². The highest BCUT2D eigenvalue weighted by atomic mass is 35.5. The van der Waals surface area contributed by atoms with Gasteiger partial charge in [0.1, 0.15) is 10.7 Å². The molecular formula is C16H20ClFN4O2S. The van der Waals surface area contributed by atoms with Crippen LogP contribution in [0.15, 0.2) is 29.3 Å². The lowest BCUT2D eigenvalue weighted by atomic mass is 10.2. The van der Waals surface area contributed by atoms with Crippen molar-refractivity contribution in [3.8, 4) is 0 Å². The van der Waals surface area contributed by atoms with Crippen LogP contribution < -0.4 is 0 Å². The van der Waals surface area contributed by atoms with E-state index in [1.165, 1.54) is 21.3 Å². The Kier molecular flexibility index (Phi) is 5.15. The highest BCUT2D eigenvalue weighted by Gasteiger charge is 2.31. The van der Waals surface area contributed by atoms with Crippen LogP contribution in [0.4, 0.5) is 4.39 Å². The van der Waals surface area contributed by atoms with Crippen LogP contribution in [0.2, 0.25) is 5.02 Å². The number of halogens is 2. The van der Waals surface area contributed by atoms with E-state index in [4.69, 9.17) is 11.6 Å². The van der Waals surface area contributed by atoms with E-state index in [0.717, 1.165) is 0 Å². The zero-order valence-corrected chi connectivity index (χ0v) is 15.7. The molecule has 2 aromatic rings. The molecule has 0 radical (unpaired) electrons. The Bertz CT molecular complexity index is 856. The van der Waals surface area contributed by atoms with E-state index < -0.39 is 10.0 Å². The van der Waals surface area contributed by atoms with Gasteiger partial charge in [-0.2, -0.15) is 9.40 Å². The molecule has 25 heavy (non-hydrogen) atoms. The van der Waals surface area contributed by atoms with Gasteiger partial charge in [0.15, 0.2) is 0 Å². The number of nitrogens with zero attached hydrogens (tertiary/aromatic N) is 4. The SMILES string of the molecule is Cc1nn(C)cc1S(=O)(=O)N1CCN(Cc2c(F)cccc2Cl)CC1. The zero-order chi connectivity index (χ0) is 18.2. The Morgan fingerprint density at radius 2 is 1.92 bits per heavy atom. The molecule has 3 rings (SSSR count). The molecule has 0 bridgehead atoms. The van der Waals surface area contributed by atoms with Gasteiger partial charge in [-0.3, -0.25) is 9.58 Å². The molecule has 6 nitrogen and oxygen atoms in total. The number of hydrogen-bond donors (Lipinski definition) is 0. The Morgan fingerprint density at radius 1 is 1.24 bits per heavy atom. The van der Waals surface area contributed by atoms with Crippen LogP contribution in [-0.4, -0.2) is 53.6 Å². The van der Waals surface area contributed by atoms with Gasteiger partial charge >= 0.3 is 0 Å². The summed E-state index contributed by atoms with van der Waals surface area (Å²) in [6.45, 7) is 3.78. The van der Waals surface area contributed by atoms with Gasteiger partial charge in [-0.15, -0.1) is 0 Å². The minimum absolute atomic E-state index is 0.237. The summed E-state index contributed by atoms with van der Waals surface area (Å²) in [5, 5.41) is 4.50. The molecule has 9 heteroatoms. The first-order chi connectivity index (χ1) is 11.8. The number of sulfonamides is 1. The molecule has 136 valence electrons. The summed E-state index contributed by atoms with van der Waals surface area (Å²) in [5.41, 5.74) is 0.937. The second-order valence-corrected chi connectivity index (χ2v) is 8.45. The number of aromatic nitrogens is 2. The van der Waals surface area contributed by atoms with Gasteiger partial charge in [-0.05, 0) is 19.1 Å². The van der Waals surface area contributed by atoms with Crippen molar-refractivity contribution in [2.45, 2.75) is 18.4 Å². The summed E-state index contributed by atoms with van der Waals surface area (Å²) in [4.78, 5) is 2.24. The number of rotatable bonds is 4. The minimum Gasteiger partial charge on any atom is -0.296 e. The summed E-state index contributed by atoms with van der Waals surface area (Å²) in [7, 11) is -1.86. The van der Waals surface area contributed by atoms with Crippen LogP contribution in [0.25, 0.3) is 0 Å². The molecule has 1 fully saturated rings. The lowest BCUT2D eigenvalue weighted by Crippen LogP contribution is -2.48. The van der Waals surface area contributed by atoms with Gasteiger partial charge < -0.3 is 0 Å². The van der Waals surface area contributed by atoms with Crippen molar-refractivity contribution in [3.05, 3.63) is 46.5 Å². The van der Waals surface area contributed by atoms with Crippen LogP contribution in [0, 0.1) is 12.7 Å². The van der Waals surface area contributed by atoms with E-state index in [-0.39, 0.29) is 10.7 Å². The largest absolute Gasteiger partial charge is 0.296 e. The van der Waals surface area contributed by atoms with Crippen molar-refractivity contribution in [2.75, 3.05) is 26.2 Å². The molecule has 0 aliphatic carbocycles. The predicted molar refractivity (Wildman–Crippen MR) is 93.4 cm³/mol.